The van der Waals surface area contributed by atoms with Crippen LogP contribution >= 0.6 is 0 Å². The first-order valence-corrected chi connectivity index (χ1v) is 10.1. The summed E-state index contributed by atoms with van der Waals surface area (Å²) < 4.78 is 0. The molecule has 1 heterocycles. The Morgan fingerprint density at radius 3 is 2.52 bits per heavy atom. The summed E-state index contributed by atoms with van der Waals surface area (Å²) in [5, 5.41) is 3.25. The zero-order valence-corrected chi connectivity index (χ0v) is 16.4. The average Bonchev–Trinajstić information content (AvgIpc) is 2.86. The molecule has 1 amide bonds. The summed E-state index contributed by atoms with van der Waals surface area (Å²) in [7, 11) is 0. The standard InChI is InChI=1S/C22H33NO2/c1-13(24)15-7-8-16-14-6-9-18-22(5,12-20(2,3)19(25)23-18)17(14)10-11-21(15,16)4/h9,14-17H,6-8,10-12H2,1-5H3,(H,23,25)/t14-,15+,16-,17-,21+,22+/m0/s1. The molecule has 6 atom stereocenters. The minimum Gasteiger partial charge on any atom is -0.329 e. The highest BCUT2D eigenvalue weighted by Gasteiger charge is 2.61. The lowest BCUT2D eigenvalue weighted by Gasteiger charge is -2.58. The van der Waals surface area contributed by atoms with E-state index in [2.05, 4.69) is 39.1 Å². The van der Waals surface area contributed by atoms with Crippen molar-refractivity contribution < 1.29 is 9.59 Å². The van der Waals surface area contributed by atoms with Gasteiger partial charge in [-0.05, 0) is 68.6 Å². The zero-order valence-electron chi connectivity index (χ0n) is 16.4. The van der Waals surface area contributed by atoms with Crippen LogP contribution in [0.5, 0.6) is 0 Å². The van der Waals surface area contributed by atoms with E-state index >= 15 is 0 Å². The third-order valence-corrected chi connectivity index (χ3v) is 8.63. The molecule has 2 saturated carbocycles. The van der Waals surface area contributed by atoms with E-state index in [0.29, 0.717) is 23.5 Å². The number of allylic oxidation sites excluding steroid dienone is 2. The number of ketones is 1. The molecule has 3 heteroatoms. The first kappa shape index (κ1) is 17.3. The number of amides is 1. The molecule has 0 bridgehead atoms. The van der Waals surface area contributed by atoms with Gasteiger partial charge in [0.1, 0.15) is 5.78 Å². The second kappa shape index (κ2) is 5.20. The van der Waals surface area contributed by atoms with Crippen molar-refractivity contribution in [2.75, 3.05) is 0 Å². The number of fused-ring (bicyclic) bond motifs is 5. The molecule has 25 heavy (non-hydrogen) atoms. The predicted molar refractivity (Wildman–Crippen MR) is 98.6 cm³/mol. The summed E-state index contributed by atoms with van der Waals surface area (Å²) in [5.41, 5.74) is 1.16. The van der Waals surface area contributed by atoms with Gasteiger partial charge < -0.3 is 5.32 Å². The van der Waals surface area contributed by atoms with Crippen LogP contribution < -0.4 is 5.32 Å². The van der Waals surface area contributed by atoms with Gasteiger partial charge >= 0.3 is 0 Å². The predicted octanol–water partition coefficient (Wildman–Crippen LogP) is 4.47. The highest BCUT2D eigenvalue weighted by Crippen LogP contribution is 2.66. The number of piperidine rings is 1. The van der Waals surface area contributed by atoms with Gasteiger partial charge in [0.05, 0.1) is 0 Å². The van der Waals surface area contributed by atoms with Gasteiger partial charge in [-0.2, -0.15) is 0 Å². The lowest BCUT2D eigenvalue weighted by atomic mass is 9.47. The number of rotatable bonds is 1. The van der Waals surface area contributed by atoms with Gasteiger partial charge in [0, 0.05) is 22.4 Å². The van der Waals surface area contributed by atoms with E-state index in [9.17, 15) is 9.59 Å². The molecule has 3 fully saturated rings. The van der Waals surface area contributed by atoms with E-state index in [1.165, 1.54) is 25.0 Å². The molecule has 4 rings (SSSR count). The first-order chi connectivity index (χ1) is 11.6. The second-order valence-corrected chi connectivity index (χ2v) is 10.4. The quantitative estimate of drug-likeness (QED) is 0.763. The Balaban J connectivity index is 1.70. The van der Waals surface area contributed by atoms with Gasteiger partial charge in [-0.1, -0.05) is 33.8 Å². The summed E-state index contributed by atoms with van der Waals surface area (Å²) in [4.78, 5) is 24.7. The fraction of sp³-hybridized carbons (Fsp3) is 0.818. The Morgan fingerprint density at radius 1 is 1.12 bits per heavy atom. The normalized spacial score (nSPS) is 47.9. The van der Waals surface area contributed by atoms with Gasteiger partial charge in [-0.3, -0.25) is 9.59 Å². The molecular weight excluding hydrogens is 310 g/mol. The van der Waals surface area contributed by atoms with Crippen molar-refractivity contribution in [2.24, 2.45) is 39.9 Å². The molecule has 138 valence electrons. The molecule has 0 radical (unpaired) electrons. The van der Waals surface area contributed by atoms with Gasteiger partial charge in [0.15, 0.2) is 0 Å². The Hall–Kier alpha value is -1.12. The largest absolute Gasteiger partial charge is 0.329 e. The Kier molecular flexibility index (Phi) is 3.60. The molecule has 1 saturated heterocycles. The van der Waals surface area contributed by atoms with Gasteiger partial charge in [0.25, 0.3) is 0 Å². The molecule has 0 aromatic rings. The topological polar surface area (TPSA) is 46.2 Å². The Labute approximate surface area is 152 Å². The summed E-state index contributed by atoms with van der Waals surface area (Å²) in [6.45, 7) is 10.7. The number of carbonyl (C=O) groups is 2. The van der Waals surface area contributed by atoms with E-state index < -0.39 is 0 Å². The highest BCUT2D eigenvalue weighted by molar-refractivity contribution is 5.85. The number of hydrogen-bond donors (Lipinski definition) is 1. The molecule has 1 aliphatic heterocycles. The van der Waals surface area contributed by atoms with Crippen LogP contribution in [0.2, 0.25) is 0 Å². The van der Waals surface area contributed by atoms with Crippen molar-refractivity contribution in [3.8, 4) is 0 Å². The minimum atomic E-state index is -0.299. The smallest absolute Gasteiger partial charge is 0.229 e. The van der Waals surface area contributed by atoms with Crippen LogP contribution in [-0.4, -0.2) is 11.7 Å². The number of hydrogen-bond acceptors (Lipinski definition) is 2. The summed E-state index contributed by atoms with van der Waals surface area (Å²) in [5.74, 6) is 2.80. The molecule has 4 aliphatic rings. The maximum atomic E-state index is 12.4. The van der Waals surface area contributed by atoms with Crippen molar-refractivity contribution in [3.63, 3.8) is 0 Å². The maximum absolute atomic E-state index is 12.4. The molecule has 0 unspecified atom stereocenters. The maximum Gasteiger partial charge on any atom is 0.229 e. The summed E-state index contributed by atoms with van der Waals surface area (Å²) >= 11 is 0. The van der Waals surface area contributed by atoms with Crippen LogP contribution in [0.4, 0.5) is 0 Å². The number of Topliss-reactive ketones (excluding diaryl/α,β-unsaturated/α-hetero) is 1. The highest BCUT2D eigenvalue weighted by atomic mass is 16.2. The van der Waals surface area contributed by atoms with E-state index in [0.717, 1.165) is 19.3 Å². The van der Waals surface area contributed by atoms with Crippen LogP contribution in [0, 0.1) is 39.9 Å². The molecule has 3 nitrogen and oxygen atoms in total. The zero-order chi connectivity index (χ0) is 18.2. The second-order valence-electron chi connectivity index (χ2n) is 10.4. The van der Waals surface area contributed by atoms with Gasteiger partial charge in [-0.25, -0.2) is 0 Å². The van der Waals surface area contributed by atoms with Crippen LogP contribution in [0.15, 0.2) is 11.8 Å². The Bertz CT molecular complexity index is 663. The molecule has 1 N–H and O–H groups in total. The monoisotopic (exact) mass is 343 g/mol. The lowest BCUT2D eigenvalue weighted by molar-refractivity contribution is -0.138. The van der Waals surface area contributed by atoms with E-state index in [1.54, 1.807) is 6.92 Å². The SMILES string of the molecule is CC(=O)[C@H]1CC[C@H]2[C@@H]3CC=C4NC(=O)C(C)(C)C[C@]4(C)[C@H]3CC[C@]12C. The fourth-order valence-electron chi connectivity index (χ4n) is 7.47. The van der Waals surface area contributed by atoms with E-state index in [-0.39, 0.29) is 28.1 Å². The number of carbonyl (C=O) groups excluding carboxylic acids is 2. The van der Waals surface area contributed by atoms with Crippen molar-refractivity contribution >= 4 is 11.7 Å². The molecule has 0 spiro atoms. The third-order valence-electron chi connectivity index (χ3n) is 8.63. The molecular formula is C22H33NO2. The average molecular weight is 344 g/mol. The van der Waals surface area contributed by atoms with Crippen LogP contribution in [-0.2, 0) is 9.59 Å². The molecule has 0 aromatic carbocycles. The lowest BCUT2D eigenvalue weighted by Crippen LogP contribution is -2.57. The third kappa shape index (κ3) is 2.23. The first-order valence-electron chi connectivity index (χ1n) is 10.1. The molecule has 0 aromatic heterocycles. The summed E-state index contributed by atoms with van der Waals surface area (Å²) in [6.07, 6.45) is 8.98. The van der Waals surface area contributed by atoms with Gasteiger partial charge in [-0.15, -0.1) is 0 Å². The van der Waals surface area contributed by atoms with Crippen molar-refractivity contribution in [1.82, 2.24) is 5.32 Å². The van der Waals surface area contributed by atoms with E-state index in [1.807, 2.05) is 0 Å². The Morgan fingerprint density at radius 2 is 1.84 bits per heavy atom. The number of nitrogens with one attached hydrogen (secondary N) is 1. The van der Waals surface area contributed by atoms with Crippen molar-refractivity contribution in [1.29, 1.82) is 0 Å². The van der Waals surface area contributed by atoms with Crippen molar-refractivity contribution in [3.05, 3.63) is 11.8 Å². The van der Waals surface area contributed by atoms with E-state index in [4.69, 9.17) is 0 Å². The summed E-state index contributed by atoms with van der Waals surface area (Å²) in [6, 6.07) is 0. The van der Waals surface area contributed by atoms with Crippen LogP contribution in [0.25, 0.3) is 0 Å². The van der Waals surface area contributed by atoms with Crippen molar-refractivity contribution in [2.45, 2.75) is 73.1 Å². The van der Waals surface area contributed by atoms with Crippen LogP contribution in [0.1, 0.15) is 73.1 Å². The van der Waals surface area contributed by atoms with Crippen LogP contribution in [0.3, 0.4) is 0 Å². The fourth-order valence-corrected chi connectivity index (χ4v) is 7.47. The molecule has 3 aliphatic carbocycles. The van der Waals surface area contributed by atoms with Gasteiger partial charge in [0.2, 0.25) is 5.91 Å². The minimum absolute atomic E-state index is 0.0793.